The summed E-state index contributed by atoms with van der Waals surface area (Å²) in [6, 6.07) is 9.73. The van der Waals surface area contributed by atoms with Crippen LogP contribution in [0.25, 0.3) is 0 Å². The van der Waals surface area contributed by atoms with Crippen molar-refractivity contribution in [2.45, 2.75) is 57.5 Å². The Bertz CT molecular complexity index is 897. The zero-order valence-corrected chi connectivity index (χ0v) is 19.1. The molecule has 1 aliphatic carbocycles. The molecular weight excluding hydrogens is 404 g/mol. The molecule has 1 N–H and O–H groups in total. The fourth-order valence-corrected chi connectivity index (χ4v) is 5.17. The van der Waals surface area contributed by atoms with Gasteiger partial charge in [-0.2, -0.15) is 5.10 Å². The summed E-state index contributed by atoms with van der Waals surface area (Å²) in [5, 5.41) is 7.30. The number of hydrogen-bond donors (Lipinski definition) is 1. The van der Waals surface area contributed by atoms with Gasteiger partial charge in [-0.05, 0) is 57.6 Å². The minimum Gasteiger partial charge on any atom is -0.381 e. The second-order valence-corrected chi connectivity index (χ2v) is 8.89. The van der Waals surface area contributed by atoms with Crippen LogP contribution in [0.5, 0.6) is 0 Å². The van der Waals surface area contributed by atoms with E-state index in [-0.39, 0.29) is 17.7 Å². The zero-order chi connectivity index (χ0) is 22.5. The summed E-state index contributed by atoms with van der Waals surface area (Å²) in [5.74, 6) is 0.599. The summed E-state index contributed by atoms with van der Waals surface area (Å²) in [6.45, 7) is 4.04. The number of anilines is 1. The van der Waals surface area contributed by atoms with E-state index >= 15 is 0 Å². The zero-order valence-electron chi connectivity index (χ0n) is 19.1. The second kappa shape index (κ2) is 10.3. The smallest absolute Gasteiger partial charge is 0.261 e. The van der Waals surface area contributed by atoms with Crippen molar-refractivity contribution < 1.29 is 14.3 Å². The molecule has 2 aliphatic rings. The number of likely N-dealkylation sites (tertiary alicyclic amines) is 1. The van der Waals surface area contributed by atoms with Crippen molar-refractivity contribution in [1.29, 1.82) is 0 Å². The number of aromatic amines is 1. The largest absolute Gasteiger partial charge is 0.381 e. The van der Waals surface area contributed by atoms with Crippen molar-refractivity contribution in [3.8, 4) is 0 Å². The predicted molar refractivity (Wildman–Crippen MR) is 124 cm³/mol. The lowest BCUT2D eigenvalue weighted by atomic mass is 9.85. The van der Waals surface area contributed by atoms with E-state index in [1.165, 1.54) is 0 Å². The highest BCUT2D eigenvalue weighted by Gasteiger charge is 2.33. The van der Waals surface area contributed by atoms with Gasteiger partial charge in [0.1, 0.15) is 0 Å². The molecule has 1 saturated carbocycles. The number of methoxy groups -OCH3 is 1. The third-order valence-corrected chi connectivity index (χ3v) is 7.10. The number of rotatable bonds is 6. The van der Waals surface area contributed by atoms with Crippen molar-refractivity contribution in [2.75, 3.05) is 31.6 Å². The van der Waals surface area contributed by atoms with Gasteiger partial charge in [0, 0.05) is 44.3 Å². The van der Waals surface area contributed by atoms with Gasteiger partial charge in [0.25, 0.3) is 5.91 Å². The first kappa shape index (κ1) is 22.5. The molecule has 2 heterocycles. The van der Waals surface area contributed by atoms with Gasteiger partial charge in [0.2, 0.25) is 5.91 Å². The summed E-state index contributed by atoms with van der Waals surface area (Å²) < 4.78 is 5.44. The Balaban J connectivity index is 1.38. The van der Waals surface area contributed by atoms with Crippen LogP contribution < -0.4 is 4.90 Å². The van der Waals surface area contributed by atoms with Crippen LogP contribution in [0.1, 0.15) is 67.4 Å². The standard InChI is InChI=1S/C25H34N4O3/c1-3-29(20-7-5-4-6-8-20)25(31)22-17-26-27-23(22)18-13-15-28(16-14-18)24(30)19-9-11-21(32-2)12-10-19/h4-8,17-19,21H,3,9-16H2,1-2H3,(H,26,27). The van der Waals surface area contributed by atoms with Gasteiger partial charge in [-0.15, -0.1) is 0 Å². The van der Waals surface area contributed by atoms with Crippen molar-refractivity contribution in [1.82, 2.24) is 15.1 Å². The number of hydrogen-bond acceptors (Lipinski definition) is 4. The number of nitrogens with zero attached hydrogens (tertiary/aromatic N) is 3. The molecule has 1 aliphatic heterocycles. The topological polar surface area (TPSA) is 78.5 Å². The summed E-state index contributed by atoms with van der Waals surface area (Å²) >= 11 is 0. The number of nitrogens with one attached hydrogen (secondary N) is 1. The summed E-state index contributed by atoms with van der Waals surface area (Å²) in [5.41, 5.74) is 2.42. The van der Waals surface area contributed by atoms with E-state index in [1.54, 1.807) is 18.2 Å². The monoisotopic (exact) mass is 438 g/mol. The highest BCUT2D eigenvalue weighted by Crippen LogP contribution is 2.33. The molecular formula is C25H34N4O3. The quantitative estimate of drug-likeness (QED) is 0.740. The van der Waals surface area contributed by atoms with Crippen LogP contribution in [0.3, 0.4) is 0 Å². The van der Waals surface area contributed by atoms with Crippen LogP contribution in [-0.4, -0.2) is 59.8 Å². The van der Waals surface area contributed by atoms with E-state index < -0.39 is 0 Å². The maximum atomic E-state index is 13.3. The fraction of sp³-hybridized carbons (Fsp3) is 0.560. The molecule has 0 radical (unpaired) electrons. The first-order valence-electron chi connectivity index (χ1n) is 11.8. The Labute approximate surface area is 190 Å². The molecule has 1 aromatic heterocycles. The normalized spacial score (nSPS) is 22.0. The minimum atomic E-state index is -0.0316. The average molecular weight is 439 g/mol. The second-order valence-electron chi connectivity index (χ2n) is 8.89. The van der Waals surface area contributed by atoms with Crippen LogP contribution >= 0.6 is 0 Å². The molecule has 1 aromatic carbocycles. The van der Waals surface area contributed by atoms with Gasteiger partial charge < -0.3 is 14.5 Å². The van der Waals surface area contributed by atoms with Crippen LogP contribution in [0.4, 0.5) is 5.69 Å². The van der Waals surface area contributed by atoms with E-state index in [0.717, 1.165) is 63.0 Å². The Hall–Kier alpha value is -2.67. The number of ether oxygens (including phenoxy) is 1. The van der Waals surface area contributed by atoms with Crippen molar-refractivity contribution in [2.24, 2.45) is 5.92 Å². The lowest BCUT2D eigenvalue weighted by molar-refractivity contribution is -0.138. The highest BCUT2D eigenvalue weighted by atomic mass is 16.5. The Kier molecular flexibility index (Phi) is 7.25. The predicted octanol–water partition coefficient (Wildman–Crippen LogP) is 3.99. The van der Waals surface area contributed by atoms with Crippen molar-refractivity contribution in [3.05, 3.63) is 47.8 Å². The molecule has 32 heavy (non-hydrogen) atoms. The number of piperidine rings is 1. The molecule has 0 spiro atoms. The number of H-pyrrole nitrogens is 1. The first-order valence-corrected chi connectivity index (χ1v) is 11.8. The highest BCUT2D eigenvalue weighted by molar-refractivity contribution is 6.06. The number of carbonyl (C=O) groups excluding carboxylic acids is 2. The maximum absolute atomic E-state index is 13.3. The van der Waals surface area contributed by atoms with Gasteiger partial charge in [0.15, 0.2) is 0 Å². The third-order valence-electron chi connectivity index (χ3n) is 7.10. The summed E-state index contributed by atoms with van der Waals surface area (Å²) in [6.07, 6.45) is 7.43. The number of para-hydroxylation sites is 1. The SMILES string of the molecule is CCN(C(=O)c1cn[nH]c1C1CCN(C(=O)C2CCC(OC)CC2)CC1)c1ccccc1. The van der Waals surface area contributed by atoms with Gasteiger partial charge in [0.05, 0.1) is 23.6 Å². The lowest BCUT2D eigenvalue weighted by Gasteiger charge is -2.36. The minimum absolute atomic E-state index is 0.0316. The van der Waals surface area contributed by atoms with Crippen molar-refractivity contribution in [3.63, 3.8) is 0 Å². The van der Waals surface area contributed by atoms with Crippen molar-refractivity contribution >= 4 is 17.5 Å². The molecule has 2 aromatic rings. The molecule has 172 valence electrons. The Morgan fingerprint density at radius 3 is 2.41 bits per heavy atom. The lowest BCUT2D eigenvalue weighted by Crippen LogP contribution is -2.43. The molecule has 2 fully saturated rings. The van der Waals surface area contributed by atoms with Gasteiger partial charge in [-0.1, -0.05) is 18.2 Å². The molecule has 0 unspecified atom stereocenters. The first-order chi connectivity index (χ1) is 15.6. The fourth-order valence-electron chi connectivity index (χ4n) is 5.17. The van der Waals surface area contributed by atoms with Gasteiger partial charge >= 0.3 is 0 Å². The van der Waals surface area contributed by atoms with Gasteiger partial charge in [-0.25, -0.2) is 0 Å². The van der Waals surface area contributed by atoms with Crippen LogP contribution in [0.2, 0.25) is 0 Å². The molecule has 7 nitrogen and oxygen atoms in total. The van der Waals surface area contributed by atoms with E-state index in [0.29, 0.717) is 24.1 Å². The van der Waals surface area contributed by atoms with E-state index in [4.69, 9.17) is 4.74 Å². The molecule has 7 heteroatoms. The van der Waals surface area contributed by atoms with Crippen LogP contribution in [-0.2, 0) is 9.53 Å². The summed E-state index contributed by atoms with van der Waals surface area (Å²) in [7, 11) is 1.76. The van der Waals surface area contributed by atoms with Crippen LogP contribution in [0, 0.1) is 5.92 Å². The number of amides is 2. The molecule has 2 amide bonds. The Morgan fingerprint density at radius 1 is 1.09 bits per heavy atom. The Morgan fingerprint density at radius 2 is 1.78 bits per heavy atom. The molecule has 1 saturated heterocycles. The number of benzene rings is 1. The van der Waals surface area contributed by atoms with E-state index in [2.05, 4.69) is 10.2 Å². The maximum Gasteiger partial charge on any atom is 0.261 e. The van der Waals surface area contributed by atoms with Gasteiger partial charge in [-0.3, -0.25) is 14.7 Å². The number of carbonyl (C=O) groups is 2. The molecule has 4 rings (SSSR count). The number of aromatic nitrogens is 2. The molecule has 0 atom stereocenters. The third kappa shape index (κ3) is 4.72. The summed E-state index contributed by atoms with van der Waals surface area (Å²) in [4.78, 5) is 30.1. The van der Waals surface area contributed by atoms with E-state index in [9.17, 15) is 9.59 Å². The van der Waals surface area contributed by atoms with Crippen LogP contribution in [0.15, 0.2) is 36.5 Å². The van der Waals surface area contributed by atoms with E-state index in [1.807, 2.05) is 42.2 Å². The molecule has 0 bridgehead atoms. The average Bonchev–Trinajstić information content (AvgIpc) is 3.35.